The van der Waals surface area contributed by atoms with E-state index in [4.69, 9.17) is 8.83 Å². The summed E-state index contributed by atoms with van der Waals surface area (Å²) in [5.74, 6) is 0. The number of nitrogens with zero attached hydrogens (tertiary/aromatic N) is 2. The molecule has 0 amide bonds. The molecule has 16 aromatic carbocycles. The molecule has 2 aliphatic rings. The lowest BCUT2D eigenvalue weighted by molar-refractivity contribution is 0.590. The van der Waals surface area contributed by atoms with Gasteiger partial charge in [-0.25, -0.2) is 0 Å². The van der Waals surface area contributed by atoms with Crippen molar-refractivity contribution in [3.05, 3.63) is 397 Å². The Kier molecular flexibility index (Phi) is 15.2. The van der Waals surface area contributed by atoms with Gasteiger partial charge < -0.3 is 18.6 Å². The molecule has 0 saturated carbocycles. The van der Waals surface area contributed by atoms with E-state index in [1.54, 1.807) is 0 Å². The number of rotatable bonds is 12. The zero-order valence-corrected chi connectivity index (χ0v) is 63.3. The minimum absolute atomic E-state index is 0.0639. The van der Waals surface area contributed by atoms with Crippen LogP contribution in [0.2, 0.25) is 0 Å². The van der Waals surface area contributed by atoms with Crippen LogP contribution in [0.1, 0.15) is 80.5 Å². The van der Waals surface area contributed by atoms with Gasteiger partial charge in [0.25, 0.3) is 0 Å². The molecule has 2 aromatic heterocycles. The van der Waals surface area contributed by atoms with Gasteiger partial charge in [0.15, 0.2) is 19.2 Å². The lowest BCUT2D eigenvalue weighted by Gasteiger charge is -2.34. The van der Waals surface area contributed by atoms with E-state index in [0.29, 0.717) is 0 Å². The molecule has 0 N–H and O–H groups in total. The van der Waals surface area contributed by atoms with E-state index < -0.39 is 13.5 Å². The van der Waals surface area contributed by atoms with Crippen molar-refractivity contribution in [2.75, 3.05) is 9.80 Å². The third-order valence-corrected chi connectivity index (χ3v) is 28.4. The average molecular weight is 1420 g/mol. The van der Waals surface area contributed by atoms with E-state index >= 15 is 0 Å². The first-order valence-electron chi connectivity index (χ1n) is 38.2. The van der Waals surface area contributed by atoms with Crippen molar-refractivity contribution in [3.63, 3.8) is 0 Å². The number of aryl methyl sites for hydroxylation is 1. The average Bonchev–Trinajstić information content (AvgIpc) is 1.50. The number of fused-ring (bicyclic) bond motifs is 18. The second-order valence-electron chi connectivity index (χ2n) is 31.9. The second-order valence-corrected chi connectivity index (χ2v) is 35.7. The minimum Gasteiger partial charge on any atom is -0.454 e. The van der Waals surface area contributed by atoms with Gasteiger partial charge >= 0.3 is 0 Å². The summed E-state index contributed by atoms with van der Waals surface area (Å²) in [7, 11) is -2.94. The predicted molar refractivity (Wildman–Crippen MR) is 461 cm³/mol. The van der Waals surface area contributed by atoms with Crippen LogP contribution >= 0.6 is 0 Å². The molecule has 1 spiro atoms. The Morgan fingerprint density at radius 1 is 0.284 bits per heavy atom. The van der Waals surface area contributed by atoms with E-state index in [1.165, 1.54) is 87.3 Å². The largest absolute Gasteiger partial charge is 0.454 e. The topological polar surface area (TPSA) is 32.8 Å². The Labute approximate surface area is 638 Å². The van der Waals surface area contributed by atoms with Crippen molar-refractivity contribution < 1.29 is 8.83 Å². The van der Waals surface area contributed by atoms with E-state index in [0.717, 1.165) is 106 Å². The maximum absolute atomic E-state index is 7.56. The van der Waals surface area contributed by atoms with Gasteiger partial charge in [0.05, 0.1) is 22.5 Å². The van der Waals surface area contributed by atoms with Crippen molar-refractivity contribution >= 4 is 118 Å². The molecule has 522 valence electrons. The Hall–Kier alpha value is -12.8. The Bertz CT molecular complexity index is 6490. The van der Waals surface area contributed by atoms with Crippen molar-refractivity contribution in [1.29, 1.82) is 0 Å². The lowest BCUT2D eigenvalue weighted by Crippen LogP contribution is -2.74. The molecule has 2 heterocycles. The van der Waals surface area contributed by atoms with Gasteiger partial charge in [-0.2, -0.15) is 0 Å². The molecule has 0 fully saturated rings. The van der Waals surface area contributed by atoms with Crippen LogP contribution in [-0.2, 0) is 16.2 Å². The van der Waals surface area contributed by atoms with E-state index in [9.17, 15) is 0 Å². The summed E-state index contributed by atoms with van der Waals surface area (Å²) in [4.78, 5) is 4.98. The fourth-order valence-electron chi connectivity index (χ4n) is 18.6. The van der Waals surface area contributed by atoms with Crippen LogP contribution in [0.3, 0.4) is 0 Å². The van der Waals surface area contributed by atoms with Crippen LogP contribution < -0.4 is 30.5 Å². The molecule has 0 radical (unpaired) electrons. The molecule has 0 atom stereocenters. The fourth-order valence-corrected chi connectivity index (χ4v) is 23.4. The molecule has 20 rings (SSSR count). The highest BCUT2D eigenvalue weighted by molar-refractivity contribution is 7.20. The number of hydrogen-bond acceptors (Lipinski definition) is 4. The van der Waals surface area contributed by atoms with E-state index in [2.05, 4.69) is 416 Å². The maximum atomic E-state index is 7.56. The van der Waals surface area contributed by atoms with Crippen molar-refractivity contribution in [1.82, 2.24) is 0 Å². The standard InChI is InChI=1S/C104H80N2O2Si/c1-67-29-27-30-68(63-67)79-59-61-92(100-98(79)86-43-21-25-47-95(86)107-100)105(72-53-49-70(50-54-72)102(2,3)4)74-57-58-85-90(65-74)104(88-45-23-19-39-81(88)82-40-20-24-46-89(82)104)91-66-94(83-41-17-18-42-84(83)97(85)91)106(73-55-51-71(52-56-73)103(5,6)7)93-62-60-80(99-87-44-22-26-48-96(87)108-101(93)99)69-31-28-38-78(64-69)109(75-32-11-8-12-33-75,76-34-13-9-14-35-76)77-36-15-10-16-37-77/h8-66H,1-7H3. The SMILES string of the molecule is Cc1cccc(-c2ccc(N(c3ccc(C(C)(C)C)cc3)c3ccc4c(c3)C3(c5ccccc5-c5ccccc53)c3cc(N(c5ccc(C(C)(C)C)cc5)c5ccc(-c6cccc([Si](c7ccccc7)(c7ccccc7)c7ccccc7)c6)c6c5oc5ccccc56)c5ccccc5c3-4)c3oc4ccccc4c23)c1. The number of anilines is 6. The molecule has 0 unspecified atom stereocenters. The molecular formula is C104H80N2O2Si. The zero-order chi connectivity index (χ0) is 73.5. The quantitative estimate of drug-likeness (QED) is 0.0901. The van der Waals surface area contributed by atoms with Gasteiger partial charge in [-0.15, -0.1) is 0 Å². The molecular weight excluding hydrogens is 1340 g/mol. The fraction of sp³-hybridized carbons (Fsp3) is 0.0962. The molecule has 18 aromatic rings. The van der Waals surface area contributed by atoms with Crippen LogP contribution in [0.25, 0.3) is 99.2 Å². The summed E-state index contributed by atoms with van der Waals surface area (Å²) in [5, 5.41) is 11.9. The highest BCUT2D eigenvalue weighted by Crippen LogP contribution is 2.66. The van der Waals surface area contributed by atoms with Crippen LogP contribution in [0.15, 0.2) is 367 Å². The number of para-hydroxylation sites is 2. The van der Waals surface area contributed by atoms with Gasteiger partial charge in [0.2, 0.25) is 0 Å². The maximum Gasteiger partial charge on any atom is 0.179 e. The lowest BCUT2D eigenvalue weighted by atomic mass is 9.70. The van der Waals surface area contributed by atoms with Gasteiger partial charge in [-0.1, -0.05) is 338 Å². The van der Waals surface area contributed by atoms with Crippen molar-refractivity contribution in [3.8, 4) is 44.5 Å². The van der Waals surface area contributed by atoms with Crippen LogP contribution in [0, 0.1) is 6.92 Å². The number of furan rings is 2. The second kappa shape index (κ2) is 25.2. The smallest absolute Gasteiger partial charge is 0.179 e. The Morgan fingerprint density at radius 2 is 0.706 bits per heavy atom. The van der Waals surface area contributed by atoms with Gasteiger partial charge in [0.1, 0.15) is 11.2 Å². The molecule has 0 bridgehead atoms. The molecule has 2 aliphatic carbocycles. The molecule has 4 nitrogen and oxygen atoms in total. The summed E-state index contributed by atoms with van der Waals surface area (Å²) in [6, 6.07) is 135. The summed E-state index contributed by atoms with van der Waals surface area (Å²) in [6.45, 7) is 15.9. The molecule has 0 aliphatic heterocycles. The zero-order valence-electron chi connectivity index (χ0n) is 62.3. The normalized spacial score (nSPS) is 13.0. The number of benzene rings is 16. The highest BCUT2D eigenvalue weighted by atomic mass is 28.3. The summed E-state index contributed by atoms with van der Waals surface area (Å²) >= 11 is 0. The van der Waals surface area contributed by atoms with Crippen LogP contribution in [0.5, 0.6) is 0 Å². The number of hydrogen-bond donors (Lipinski definition) is 0. The molecule has 0 saturated heterocycles. The third-order valence-electron chi connectivity index (χ3n) is 23.6. The van der Waals surface area contributed by atoms with Crippen LogP contribution in [-0.4, -0.2) is 8.07 Å². The van der Waals surface area contributed by atoms with Crippen molar-refractivity contribution in [2.24, 2.45) is 0 Å². The van der Waals surface area contributed by atoms with E-state index in [-0.39, 0.29) is 10.8 Å². The van der Waals surface area contributed by atoms with Gasteiger partial charge in [-0.3, -0.25) is 0 Å². The predicted octanol–water partition coefficient (Wildman–Crippen LogP) is 25.5. The monoisotopic (exact) mass is 1420 g/mol. The first-order valence-corrected chi connectivity index (χ1v) is 40.2. The molecule has 5 heteroatoms. The first-order chi connectivity index (χ1) is 53.2. The van der Waals surface area contributed by atoms with E-state index in [1.807, 2.05) is 0 Å². The first kappa shape index (κ1) is 65.7. The minimum atomic E-state index is -2.94. The Balaban J connectivity index is 0.843. The highest BCUT2D eigenvalue weighted by Gasteiger charge is 2.53. The van der Waals surface area contributed by atoms with Crippen molar-refractivity contribution in [2.45, 2.75) is 64.7 Å². The van der Waals surface area contributed by atoms with Gasteiger partial charge in [0, 0.05) is 44.0 Å². The Morgan fingerprint density at radius 3 is 1.23 bits per heavy atom. The van der Waals surface area contributed by atoms with Crippen LogP contribution in [0.4, 0.5) is 34.1 Å². The summed E-state index contributed by atoms with van der Waals surface area (Å²) in [5.41, 5.74) is 26.5. The summed E-state index contributed by atoms with van der Waals surface area (Å²) in [6.07, 6.45) is 0. The molecule has 109 heavy (non-hydrogen) atoms. The summed E-state index contributed by atoms with van der Waals surface area (Å²) < 4.78 is 14.8. The third kappa shape index (κ3) is 10.2. The van der Waals surface area contributed by atoms with Gasteiger partial charge in [-0.05, 0) is 189 Å².